The normalized spacial score (nSPS) is 24.3. The van der Waals surface area contributed by atoms with Gasteiger partial charge in [-0.15, -0.1) is 0 Å². The highest BCUT2D eigenvalue weighted by molar-refractivity contribution is 5.94. The lowest BCUT2D eigenvalue weighted by Gasteiger charge is -2.32. The van der Waals surface area contributed by atoms with Gasteiger partial charge in [-0.25, -0.2) is 0 Å². The quantitative estimate of drug-likeness (QED) is 0.681. The van der Waals surface area contributed by atoms with Gasteiger partial charge in [0.1, 0.15) is 0 Å². The summed E-state index contributed by atoms with van der Waals surface area (Å²) in [7, 11) is 0. The number of hydrogen-bond donors (Lipinski definition) is 2. The van der Waals surface area contributed by atoms with Gasteiger partial charge in [0.25, 0.3) is 5.91 Å². The summed E-state index contributed by atoms with van der Waals surface area (Å²) in [6, 6.07) is 8.18. The van der Waals surface area contributed by atoms with E-state index in [1.807, 2.05) is 18.2 Å². The molecule has 0 aromatic heterocycles. The number of carbonyl (C=O) groups is 1. The fraction of sp³-hybridized carbons (Fsp3) is 0.682. The van der Waals surface area contributed by atoms with Crippen molar-refractivity contribution < 1.29 is 18.0 Å². The van der Waals surface area contributed by atoms with E-state index in [2.05, 4.69) is 30.5 Å². The van der Waals surface area contributed by atoms with Gasteiger partial charge in [0.05, 0.1) is 6.54 Å². The van der Waals surface area contributed by atoms with Crippen molar-refractivity contribution in [2.45, 2.75) is 63.7 Å². The van der Waals surface area contributed by atoms with E-state index in [0.717, 1.165) is 19.4 Å². The fourth-order valence-electron chi connectivity index (χ4n) is 3.95. The Bertz CT molecular complexity index is 686. The summed E-state index contributed by atoms with van der Waals surface area (Å²) in [5, 5.41) is 6.61. The lowest BCUT2D eigenvalue weighted by Crippen LogP contribution is -2.47. The number of hydrogen-bond acceptors (Lipinski definition) is 3. The van der Waals surface area contributed by atoms with Crippen LogP contribution in [0.3, 0.4) is 0 Å². The number of rotatable bonds is 8. The number of nitrogens with one attached hydrogen (secondary N) is 2. The molecule has 0 radical (unpaired) electrons. The molecule has 2 fully saturated rings. The molecule has 3 unspecified atom stereocenters. The SMILES string of the molecule is CCC(C)CNC1CC1c1cccc(C(=O)NC2CCN(CC(F)(F)F)CC2)c1. The number of piperidine rings is 1. The fourth-order valence-corrected chi connectivity index (χ4v) is 3.95. The molecule has 1 aliphatic carbocycles. The van der Waals surface area contributed by atoms with Crippen molar-refractivity contribution in [3.63, 3.8) is 0 Å². The van der Waals surface area contributed by atoms with Crippen LogP contribution in [0.4, 0.5) is 13.2 Å². The lowest BCUT2D eigenvalue weighted by molar-refractivity contribution is -0.148. The molecule has 29 heavy (non-hydrogen) atoms. The Morgan fingerprint density at radius 3 is 2.66 bits per heavy atom. The van der Waals surface area contributed by atoms with Crippen LogP contribution < -0.4 is 10.6 Å². The molecular formula is C22H32F3N3O. The molecule has 0 bridgehead atoms. The molecule has 3 rings (SSSR count). The van der Waals surface area contributed by atoms with Crippen LogP contribution in [0.25, 0.3) is 0 Å². The number of amides is 1. The van der Waals surface area contributed by atoms with E-state index in [0.29, 0.717) is 49.4 Å². The highest BCUT2D eigenvalue weighted by atomic mass is 19.4. The number of carbonyl (C=O) groups excluding carboxylic acids is 1. The van der Waals surface area contributed by atoms with Gasteiger partial charge in [-0.1, -0.05) is 32.4 Å². The van der Waals surface area contributed by atoms with Gasteiger partial charge in [0.15, 0.2) is 0 Å². The molecule has 1 saturated heterocycles. The minimum absolute atomic E-state index is 0.0680. The van der Waals surface area contributed by atoms with Crippen molar-refractivity contribution in [3.8, 4) is 0 Å². The highest BCUT2D eigenvalue weighted by Crippen LogP contribution is 2.41. The first-order chi connectivity index (χ1) is 13.7. The van der Waals surface area contributed by atoms with E-state index in [-0.39, 0.29) is 11.9 Å². The summed E-state index contributed by atoms with van der Waals surface area (Å²) in [6.45, 7) is 5.29. The second-order valence-corrected chi connectivity index (χ2v) is 8.63. The minimum atomic E-state index is -4.17. The zero-order valence-electron chi connectivity index (χ0n) is 17.3. The van der Waals surface area contributed by atoms with E-state index in [1.165, 1.54) is 10.5 Å². The van der Waals surface area contributed by atoms with Crippen molar-refractivity contribution in [1.29, 1.82) is 0 Å². The molecule has 1 aromatic carbocycles. The molecule has 4 nitrogen and oxygen atoms in total. The van der Waals surface area contributed by atoms with Crippen LogP contribution in [-0.2, 0) is 0 Å². The van der Waals surface area contributed by atoms with Crippen LogP contribution >= 0.6 is 0 Å². The first-order valence-electron chi connectivity index (χ1n) is 10.7. The van der Waals surface area contributed by atoms with Crippen molar-refractivity contribution in [3.05, 3.63) is 35.4 Å². The van der Waals surface area contributed by atoms with Gasteiger partial charge in [0, 0.05) is 36.7 Å². The molecule has 162 valence electrons. The smallest absolute Gasteiger partial charge is 0.349 e. The van der Waals surface area contributed by atoms with E-state index in [1.54, 1.807) is 0 Å². The summed E-state index contributed by atoms with van der Waals surface area (Å²) in [4.78, 5) is 14.0. The van der Waals surface area contributed by atoms with E-state index in [9.17, 15) is 18.0 Å². The third kappa shape index (κ3) is 6.71. The van der Waals surface area contributed by atoms with E-state index in [4.69, 9.17) is 0 Å². The molecule has 1 aromatic rings. The predicted molar refractivity (Wildman–Crippen MR) is 108 cm³/mol. The van der Waals surface area contributed by atoms with Crippen molar-refractivity contribution >= 4 is 5.91 Å². The Morgan fingerprint density at radius 2 is 2.00 bits per heavy atom. The molecular weight excluding hydrogens is 379 g/mol. The summed E-state index contributed by atoms with van der Waals surface area (Å²) < 4.78 is 37.5. The molecule has 1 aliphatic heterocycles. The second kappa shape index (κ2) is 9.47. The van der Waals surface area contributed by atoms with Crippen LogP contribution in [0, 0.1) is 5.92 Å². The van der Waals surface area contributed by atoms with Crippen molar-refractivity contribution in [2.75, 3.05) is 26.2 Å². The van der Waals surface area contributed by atoms with Crippen LogP contribution in [0.1, 0.15) is 61.4 Å². The van der Waals surface area contributed by atoms with Gasteiger partial charge < -0.3 is 10.6 Å². The highest BCUT2D eigenvalue weighted by Gasteiger charge is 2.38. The third-order valence-electron chi connectivity index (χ3n) is 6.12. The van der Waals surface area contributed by atoms with E-state index < -0.39 is 12.7 Å². The maximum Gasteiger partial charge on any atom is 0.401 e. The molecule has 0 spiro atoms. The molecule has 3 atom stereocenters. The maximum absolute atomic E-state index is 12.6. The van der Waals surface area contributed by atoms with Crippen LogP contribution in [0.2, 0.25) is 0 Å². The van der Waals surface area contributed by atoms with Gasteiger partial charge in [-0.2, -0.15) is 13.2 Å². The number of nitrogens with zero attached hydrogens (tertiary/aromatic N) is 1. The summed E-state index contributed by atoms with van der Waals surface area (Å²) in [6.07, 6.45) is -0.813. The molecule has 2 aliphatic rings. The van der Waals surface area contributed by atoms with Gasteiger partial charge in [-0.05, 0) is 49.4 Å². The topological polar surface area (TPSA) is 44.4 Å². The molecule has 2 N–H and O–H groups in total. The van der Waals surface area contributed by atoms with Crippen molar-refractivity contribution in [2.24, 2.45) is 5.92 Å². The Kier molecular flexibility index (Phi) is 7.22. The average Bonchev–Trinajstić information content (AvgIpc) is 3.46. The van der Waals surface area contributed by atoms with Crippen molar-refractivity contribution in [1.82, 2.24) is 15.5 Å². The molecule has 1 saturated carbocycles. The summed E-state index contributed by atoms with van der Waals surface area (Å²) in [5.74, 6) is 0.985. The van der Waals surface area contributed by atoms with Gasteiger partial charge in [-0.3, -0.25) is 9.69 Å². The maximum atomic E-state index is 12.6. The zero-order valence-corrected chi connectivity index (χ0v) is 17.3. The monoisotopic (exact) mass is 411 g/mol. The largest absolute Gasteiger partial charge is 0.401 e. The Balaban J connectivity index is 1.47. The van der Waals surface area contributed by atoms with Gasteiger partial charge in [0.2, 0.25) is 0 Å². The summed E-state index contributed by atoms with van der Waals surface area (Å²) >= 11 is 0. The minimum Gasteiger partial charge on any atom is -0.349 e. The Morgan fingerprint density at radius 1 is 1.28 bits per heavy atom. The average molecular weight is 412 g/mol. The van der Waals surface area contributed by atoms with E-state index >= 15 is 0 Å². The Labute approximate surface area is 171 Å². The second-order valence-electron chi connectivity index (χ2n) is 8.63. The predicted octanol–water partition coefficient (Wildman–Crippen LogP) is 3.93. The first kappa shape index (κ1) is 22.1. The summed E-state index contributed by atoms with van der Waals surface area (Å²) in [5.41, 5.74) is 1.81. The Hall–Kier alpha value is -1.60. The standard InChI is InChI=1S/C22H32F3N3O/c1-3-15(2)13-26-20-12-19(20)16-5-4-6-17(11-16)21(29)27-18-7-9-28(10-8-18)14-22(23,24)25/h4-6,11,15,18-20,26H,3,7-10,12-14H2,1-2H3,(H,27,29). The number of benzene rings is 1. The first-order valence-corrected chi connectivity index (χ1v) is 10.7. The lowest BCUT2D eigenvalue weighted by atomic mass is 10.0. The van der Waals surface area contributed by atoms with Gasteiger partial charge >= 0.3 is 6.18 Å². The molecule has 1 amide bonds. The van der Waals surface area contributed by atoms with Crippen LogP contribution in [0.15, 0.2) is 24.3 Å². The molecule has 7 heteroatoms. The van der Waals surface area contributed by atoms with Crippen LogP contribution in [0.5, 0.6) is 0 Å². The number of alkyl halides is 3. The zero-order chi connectivity index (χ0) is 21.0. The van der Waals surface area contributed by atoms with Crippen LogP contribution in [-0.4, -0.2) is 55.2 Å². The number of likely N-dealkylation sites (tertiary alicyclic amines) is 1. The third-order valence-corrected chi connectivity index (χ3v) is 6.12. The molecule has 1 heterocycles. The number of halogens is 3.